The summed E-state index contributed by atoms with van der Waals surface area (Å²) in [5.41, 5.74) is 1.03. The number of benzene rings is 1. The van der Waals surface area contributed by atoms with E-state index in [1.807, 2.05) is 6.92 Å². The number of hydrogen-bond acceptors (Lipinski definition) is 8. The van der Waals surface area contributed by atoms with Gasteiger partial charge in [0.05, 0.1) is 6.61 Å². The first-order chi connectivity index (χ1) is 12.4. The highest BCUT2D eigenvalue weighted by Gasteiger charge is 2.36. The van der Waals surface area contributed by atoms with E-state index in [1.165, 1.54) is 6.92 Å². The first-order valence-electron chi connectivity index (χ1n) is 7.76. The smallest absolute Gasteiger partial charge is 0.308 e. The monoisotopic (exact) mass is 373 g/mol. The van der Waals surface area contributed by atoms with Crippen LogP contribution >= 0.6 is 11.8 Å². The van der Waals surface area contributed by atoms with Crippen molar-refractivity contribution >= 4 is 45.7 Å². The Kier molecular flexibility index (Phi) is 4.90. The van der Waals surface area contributed by atoms with Crippen LogP contribution in [0, 0.1) is 0 Å². The van der Waals surface area contributed by atoms with Crippen molar-refractivity contribution in [3.8, 4) is 11.5 Å². The molecule has 2 aliphatic heterocycles. The molecule has 0 bridgehead atoms. The fraction of sp³-hybridized carbons (Fsp3) is 0.235. The van der Waals surface area contributed by atoms with Crippen LogP contribution in [0.3, 0.4) is 0 Å². The molecule has 26 heavy (non-hydrogen) atoms. The minimum Gasteiger partial charge on any atom is -0.490 e. The van der Waals surface area contributed by atoms with Crippen LogP contribution in [0.25, 0.3) is 6.08 Å². The molecule has 3 rings (SSSR count). The van der Waals surface area contributed by atoms with Gasteiger partial charge < -0.3 is 9.47 Å². The number of amidine groups is 1. The molecule has 134 valence electrons. The summed E-state index contributed by atoms with van der Waals surface area (Å²) in [5.74, 6) is -0.196. The van der Waals surface area contributed by atoms with Crippen molar-refractivity contribution < 1.29 is 23.9 Å². The van der Waals surface area contributed by atoms with Gasteiger partial charge in [-0.05, 0) is 49.4 Å². The molecule has 0 saturated carbocycles. The van der Waals surface area contributed by atoms with E-state index in [-0.39, 0.29) is 21.7 Å². The van der Waals surface area contributed by atoms with Gasteiger partial charge in [0.25, 0.3) is 5.91 Å². The number of hydrogen-bond donors (Lipinski definition) is 0. The molecule has 0 unspecified atom stereocenters. The number of aliphatic imine (C=N–C) groups is 1. The standard InChI is InChI=1S/C17H15N3O5S/c1-4-24-14-8-11(5-6-13(14)25-10(3)21)7-12-15(22)20-17(18-12)26-16(23)9(2)19-20/h5-8H,4H2,1-3H3/b12-7-. The van der Waals surface area contributed by atoms with Crippen molar-refractivity contribution in [2.75, 3.05) is 6.61 Å². The minimum atomic E-state index is -0.457. The second-order valence-electron chi connectivity index (χ2n) is 5.35. The fourth-order valence-electron chi connectivity index (χ4n) is 2.27. The maximum Gasteiger partial charge on any atom is 0.308 e. The van der Waals surface area contributed by atoms with E-state index in [4.69, 9.17) is 9.47 Å². The number of carbonyl (C=O) groups is 3. The number of nitrogens with zero attached hydrogens (tertiary/aromatic N) is 3. The molecule has 0 spiro atoms. The van der Waals surface area contributed by atoms with E-state index in [1.54, 1.807) is 31.2 Å². The third kappa shape index (κ3) is 3.52. The first-order valence-corrected chi connectivity index (χ1v) is 8.58. The quantitative estimate of drug-likeness (QED) is 0.456. The molecule has 9 heteroatoms. The third-order valence-corrected chi connectivity index (χ3v) is 4.29. The number of carbonyl (C=O) groups excluding carboxylic acids is 3. The first kappa shape index (κ1) is 17.9. The van der Waals surface area contributed by atoms with Gasteiger partial charge in [0.1, 0.15) is 11.4 Å². The molecule has 0 aliphatic carbocycles. The van der Waals surface area contributed by atoms with Gasteiger partial charge in [0.15, 0.2) is 11.5 Å². The molecular formula is C17H15N3O5S. The minimum absolute atomic E-state index is 0.154. The van der Waals surface area contributed by atoms with Crippen LogP contribution < -0.4 is 9.47 Å². The second kappa shape index (κ2) is 7.12. The lowest BCUT2D eigenvalue weighted by atomic mass is 10.1. The molecule has 0 saturated heterocycles. The Morgan fingerprint density at radius 1 is 1.31 bits per heavy atom. The third-order valence-electron chi connectivity index (χ3n) is 3.36. The summed E-state index contributed by atoms with van der Waals surface area (Å²) in [4.78, 5) is 39.5. The van der Waals surface area contributed by atoms with E-state index < -0.39 is 11.9 Å². The number of esters is 1. The summed E-state index contributed by atoms with van der Waals surface area (Å²) in [6.07, 6.45) is 1.56. The van der Waals surface area contributed by atoms with Crippen molar-refractivity contribution in [3.63, 3.8) is 0 Å². The molecule has 2 heterocycles. The summed E-state index contributed by atoms with van der Waals surface area (Å²) in [6.45, 7) is 5.04. The molecule has 0 fully saturated rings. The molecule has 1 amide bonds. The lowest BCUT2D eigenvalue weighted by Crippen LogP contribution is -2.32. The van der Waals surface area contributed by atoms with E-state index in [9.17, 15) is 14.4 Å². The highest BCUT2D eigenvalue weighted by atomic mass is 32.2. The van der Waals surface area contributed by atoms with Gasteiger partial charge in [-0.1, -0.05) is 6.07 Å². The van der Waals surface area contributed by atoms with Gasteiger partial charge in [-0.3, -0.25) is 14.4 Å². The van der Waals surface area contributed by atoms with Crippen LogP contribution in [0.4, 0.5) is 0 Å². The summed E-state index contributed by atoms with van der Waals surface area (Å²) in [6, 6.07) is 4.90. The second-order valence-corrected chi connectivity index (χ2v) is 6.29. The zero-order valence-electron chi connectivity index (χ0n) is 14.3. The Balaban J connectivity index is 1.93. The molecule has 8 nitrogen and oxygen atoms in total. The molecule has 1 aromatic carbocycles. The van der Waals surface area contributed by atoms with Crippen LogP contribution in [-0.2, 0) is 14.4 Å². The van der Waals surface area contributed by atoms with Gasteiger partial charge in [-0.2, -0.15) is 10.1 Å². The summed E-state index contributed by atoms with van der Waals surface area (Å²) in [5, 5.41) is 5.08. The number of thioether (sulfide) groups is 1. The number of hydrazone groups is 1. The maximum absolute atomic E-state index is 12.4. The number of fused-ring (bicyclic) bond motifs is 1. The summed E-state index contributed by atoms with van der Waals surface area (Å²) in [7, 11) is 0. The van der Waals surface area contributed by atoms with Gasteiger partial charge in [-0.25, -0.2) is 4.99 Å². The molecule has 1 aromatic rings. The van der Waals surface area contributed by atoms with Crippen LogP contribution in [-0.4, -0.2) is 39.5 Å². The fourth-order valence-corrected chi connectivity index (χ4v) is 2.98. The topological polar surface area (TPSA) is 97.6 Å². The Morgan fingerprint density at radius 3 is 2.77 bits per heavy atom. The van der Waals surface area contributed by atoms with Crippen LogP contribution in [0.2, 0.25) is 0 Å². The van der Waals surface area contributed by atoms with E-state index >= 15 is 0 Å². The van der Waals surface area contributed by atoms with Crippen LogP contribution in [0.1, 0.15) is 26.3 Å². The molecule has 0 aromatic heterocycles. The lowest BCUT2D eigenvalue weighted by Gasteiger charge is -2.15. The van der Waals surface area contributed by atoms with Gasteiger partial charge in [0, 0.05) is 6.92 Å². The van der Waals surface area contributed by atoms with Crippen LogP contribution in [0.5, 0.6) is 11.5 Å². The lowest BCUT2D eigenvalue weighted by molar-refractivity contribution is -0.132. The summed E-state index contributed by atoms with van der Waals surface area (Å²) < 4.78 is 10.6. The van der Waals surface area contributed by atoms with E-state index in [2.05, 4.69) is 10.1 Å². The van der Waals surface area contributed by atoms with E-state index in [0.29, 0.717) is 23.7 Å². The van der Waals surface area contributed by atoms with Crippen LogP contribution in [0.15, 0.2) is 34.0 Å². The highest BCUT2D eigenvalue weighted by Crippen LogP contribution is 2.32. The molecule has 0 N–H and O–H groups in total. The highest BCUT2D eigenvalue weighted by molar-refractivity contribution is 8.27. The van der Waals surface area contributed by atoms with Gasteiger partial charge in [0.2, 0.25) is 10.3 Å². The van der Waals surface area contributed by atoms with Crippen molar-refractivity contribution in [3.05, 3.63) is 29.5 Å². The zero-order valence-corrected chi connectivity index (χ0v) is 15.1. The number of rotatable bonds is 4. The maximum atomic E-state index is 12.4. The number of amides is 1. The predicted octanol–water partition coefficient (Wildman–Crippen LogP) is 2.20. The molecule has 0 atom stereocenters. The average Bonchev–Trinajstić information content (AvgIpc) is 2.86. The van der Waals surface area contributed by atoms with Crippen molar-refractivity contribution in [2.45, 2.75) is 20.8 Å². The Morgan fingerprint density at radius 2 is 2.08 bits per heavy atom. The molecule has 0 radical (unpaired) electrons. The van der Waals surface area contributed by atoms with Gasteiger partial charge in [-0.15, -0.1) is 0 Å². The van der Waals surface area contributed by atoms with Crippen molar-refractivity contribution in [2.24, 2.45) is 10.1 Å². The Bertz CT molecular complexity index is 904. The van der Waals surface area contributed by atoms with Crippen molar-refractivity contribution in [1.29, 1.82) is 0 Å². The Hall–Kier alpha value is -2.94. The number of ether oxygens (including phenoxy) is 2. The van der Waals surface area contributed by atoms with Crippen molar-refractivity contribution in [1.82, 2.24) is 5.01 Å². The van der Waals surface area contributed by atoms with Gasteiger partial charge >= 0.3 is 5.97 Å². The normalized spacial score (nSPS) is 17.8. The SMILES string of the molecule is CCOc1cc(/C=C2\N=C3SC(=O)C(C)=NN3C2=O)ccc1OC(C)=O. The average molecular weight is 373 g/mol. The molecule has 2 aliphatic rings. The largest absolute Gasteiger partial charge is 0.490 e. The summed E-state index contributed by atoms with van der Waals surface area (Å²) >= 11 is 0.866. The zero-order chi connectivity index (χ0) is 18.8. The van der Waals surface area contributed by atoms with E-state index in [0.717, 1.165) is 16.8 Å². The predicted molar refractivity (Wildman–Crippen MR) is 96.9 cm³/mol. The Labute approximate surface area is 153 Å². The molecular weight excluding hydrogens is 358 g/mol.